The van der Waals surface area contributed by atoms with E-state index in [0.717, 1.165) is 0 Å². The summed E-state index contributed by atoms with van der Waals surface area (Å²) in [5.41, 5.74) is 1.53. The molecular formula is C36H68N+. The molecule has 37 heavy (non-hydrogen) atoms. The van der Waals surface area contributed by atoms with Crippen LogP contribution < -0.4 is 4.57 Å². The summed E-state index contributed by atoms with van der Waals surface area (Å²) >= 11 is 0. The van der Waals surface area contributed by atoms with Crippen LogP contribution in [0.3, 0.4) is 0 Å². The third-order valence-electron chi connectivity index (χ3n) is 8.30. The Hall–Kier alpha value is -0.850. The Morgan fingerprint density at radius 3 is 1.03 bits per heavy atom. The Morgan fingerprint density at radius 1 is 0.378 bits per heavy atom. The van der Waals surface area contributed by atoms with Gasteiger partial charge in [-0.05, 0) is 24.8 Å². The molecule has 0 spiro atoms. The molecule has 1 rings (SSSR count). The molecule has 0 aromatic carbocycles. The second kappa shape index (κ2) is 28.2. The predicted octanol–water partition coefficient (Wildman–Crippen LogP) is 12.1. The van der Waals surface area contributed by atoms with E-state index in [-0.39, 0.29) is 0 Å². The largest absolute Gasteiger partial charge is 0.205 e. The average Bonchev–Trinajstić information content (AvgIpc) is 2.92. The van der Waals surface area contributed by atoms with Crippen molar-refractivity contribution in [1.29, 1.82) is 0 Å². The summed E-state index contributed by atoms with van der Waals surface area (Å²) in [6.07, 6.45) is 44.7. The third-order valence-corrected chi connectivity index (χ3v) is 8.30. The van der Waals surface area contributed by atoms with E-state index >= 15 is 0 Å². The highest BCUT2D eigenvalue weighted by Gasteiger charge is 2.02. The summed E-state index contributed by atoms with van der Waals surface area (Å²) in [5.74, 6) is 0. The molecule has 0 aliphatic heterocycles. The lowest BCUT2D eigenvalue weighted by atomic mass is 10.0. The fraction of sp³-hybridized carbons (Fsp3) is 0.861. The van der Waals surface area contributed by atoms with Crippen molar-refractivity contribution >= 4 is 0 Å². The van der Waals surface area contributed by atoms with Gasteiger partial charge in [-0.25, -0.2) is 4.57 Å². The molecule has 0 saturated carbocycles. The molecule has 0 aliphatic rings. The minimum atomic E-state index is 1.19. The standard InChI is InChI=1S/C36H68N/c1-3-5-7-9-11-13-15-16-17-18-19-20-21-23-25-27-29-33-37-34-31-36(32-35-37)30-28-26-24-22-14-12-10-8-6-4-2/h31-32,34-35H,3-30,33H2,1-2H3/q+1. The maximum atomic E-state index is 2.40. The third kappa shape index (κ3) is 24.0. The van der Waals surface area contributed by atoms with Gasteiger partial charge < -0.3 is 0 Å². The van der Waals surface area contributed by atoms with Crippen LogP contribution in [0.15, 0.2) is 24.5 Å². The van der Waals surface area contributed by atoms with E-state index in [1.807, 2.05) is 0 Å². The molecular weight excluding hydrogens is 446 g/mol. The maximum Gasteiger partial charge on any atom is 0.169 e. The van der Waals surface area contributed by atoms with Crippen LogP contribution in [0.1, 0.15) is 193 Å². The van der Waals surface area contributed by atoms with Gasteiger partial charge in [0.1, 0.15) is 6.54 Å². The van der Waals surface area contributed by atoms with E-state index in [1.54, 1.807) is 0 Å². The highest BCUT2D eigenvalue weighted by Crippen LogP contribution is 2.15. The van der Waals surface area contributed by atoms with E-state index in [4.69, 9.17) is 0 Å². The van der Waals surface area contributed by atoms with Gasteiger partial charge in [-0.3, -0.25) is 0 Å². The molecule has 1 nitrogen and oxygen atoms in total. The first kappa shape index (κ1) is 34.2. The quantitative estimate of drug-likeness (QED) is 0.0739. The van der Waals surface area contributed by atoms with Crippen molar-refractivity contribution in [1.82, 2.24) is 0 Å². The van der Waals surface area contributed by atoms with Crippen molar-refractivity contribution in [2.24, 2.45) is 0 Å². The van der Waals surface area contributed by atoms with Crippen molar-refractivity contribution in [2.75, 3.05) is 0 Å². The molecule has 0 saturated heterocycles. The summed E-state index contributed by atoms with van der Waals surface area (Å²) in [7, 11) is 0. The van der Waals surface area contributed by atoms with E-state index < -0.39 is 0 Å². The molecule has 1 heterocycles. The van der Waals surface area contributed by atoms with Crippen LogP contribution >= 0.6 is 0 Å². The van der Waals surface area contributed by atoms with Crippen molar-refractivity contribution in [3.05, 3.63) is 30.1 Å². The number of aromatic nitrogens is 1. The SMILES string of the molecule is CCCCCCCCCCCCCCCCCCC[n+]1ccc(CCCCCCCCCCCC)cc1. The molecule has 0 N–H and O–H groups in total. The van der Waals surface area contributed by atoms with Crippen LogP contribution in [0.2, 0.25) is 0 Å². The number of pyridine rings is 1. The van der Waals surface area contributed by atoms with Gasteiger partial charge in [0, 0.05) is 18.6 Å². The van der Waals surface area contributed by atoms with Crippen molar-refractivity contribution in [3.8, 4) is 0 Å². The zero-order valence-electron chi connectivity index (χ0n) is 25.8. The summed E-state index contributed by atoms with van der Waals surface area (Å²) in [4.78, 5) is 0. The summed E-state index contributed by atoms with van der Waals surface area (Å²) in [6.45, 7) is 5.80. The Morgan fingerprint density at radius 2 is 0.676 bits per heavy atom. The Labute approximate surface area is 234 Å². The van der Waals surface area contributed by atoms with Crippen LogP contribution in [-0.4, -0.2) is 0 Å². The highest BCUT2D eigenvalue weighted by molar-refractivity contribution is 5.07. The predicted molar refractivity (Wildman–Crippen MR) is 166 cm³/mol. The highest BCUT2D eigenvalue weighted by atomic mass is 14.9. The smallest absolute Gasteiger partial charge is 0.169 e. The number of hydrogen-bond acceptors (Lipinski definition) is 0. The fourth-order valence-electron chi connectivity index (χ4n) is 5.64. The first-order valence-electron chi connectivity index (χ1n) is 17.3. The molecule has 0 atom stereocenters. The number of rotatable bonds is 29. The molecule has 1 aromatic rings. The maximum absolute atomic E-state index is 2.40. The van der Waals surface area contributed by atoms with Gasteiger partial charge in [0.15, 0.2) is 12.4 Å². The van der Waals surface area contributed by atoms with Crippen LogP contribution in [0.5, 0.6) is 0 Å². The number of aryl methyl sites for hydroxylation is 2. The van der Waals surface area contributed by atoms with Crippen LogP contribution in [0.25, 0.3) is 0 Å². The number of hydrogen-bond donors (Lipinski definition) is 0. The molecule has 0 radical (unpaired) electrons. The lowest BCUT2D eigenvalue weighted by Gasteiger charge is -2.04. The van der Waals surface area contributed by atoms with Gasteiger partial charge in [-0.15, -0.1) is 0 Å². The Kier molecular flexibility index (Phi) is 26.0. The molecule has 0 aliphatic carbocycles. The van der Waals surface area contributed by atoms with Crippen molar-refractivity contribution in [3.63, 3.8) is 0 Å². The number of unbranched alkanes of at least 4 members (excludes halogenated alkanes) is 25. The zero-order chi connectivity index (χ0) is 26.5. The van der Waals surface area contributed by atoms with Crippen molar-refractivity contribution in [2.45, 2.75) is 200 Å². The number of nitrogens with zero attached hydrogens (tertiary/aromatic N) is 1. The fourth-order valence-corrected chi connectivity index (χ4v) is 5.64. The minimum Gasteiger partial charge on any atom is -0.205 e. The second-order valence-electron chi connectivity index (χ2n) is 12.0. The minimum absolute atomic E-state index is 1.19. The van der Waals surface area contributed by atoms with E-state index in [0.29, 0.717) is 0 Å². The van der Waals surface area contributed by atoms with Crippen LogP contribution in [0, 0.1) is 0 Å². The van der Waals surface area contributed by atoms with Gasteiger partial charge >= 0.3 is 0 Å². The summed E-state index contributed by atoms with van der Waals surface area (Å²) < 4.78 is 2.40. The summed E-state index contributed by atoms with van der Waals surface area (Å²) in [6, 6.07) is 4.72. The lowest BCUT2D eigenvalue weighted by molar-refractivity contribution is -0.697. The first-order chi connectivity index (χ1) is 18.4. The van der Waals surface area contributed by atoms with Gasteiger partial charge in [0.05, 0.1) is 0 Å². The van der Waals surface area contributed by atoms with E-state index in [2.05, 4.69) is 42.9 Å². The zero-order valence-corrected chi connectivity index (χ0v) is 25.8. The summed E-state index contributed by atoms with van der Waals surface area (Å²) in [5, 5.41) is 0. The monoisotopic (exact) mass is 515 g/mol. The molecule has 216 valence electrons. The second-order valence-corrected chi connectivity index (χ2v) is 12.0. The molecule has 0 amide bonds. The first-order valence-corrected chi connectivity index (χ1v) is 17.3. The molecule has 1 aromatic heterocycles. The lowest BCUT2D eigenvalue weighted by Crippen LogP contribution is -2.32. The van der Waals surface area contributed by atoms with E-state index in [9.17, 15) is 0 Å². The molecule has 1 heteroatoms. The van der Waals surface area contributed by atoms with Crippen LogP contribution in [0.4, 0.5) is 0 Å². The van der Waals surface area contributed by atoms with Gasteiger partial charge in [-0.2, -0.15) is 0 Å². The van der Waals surface area contributed by atoms with Crippen molar-refractivity contribution < 1.29 is 4.57 Å². The normalized spacial score (nSPS) is 11.4. The average molecular weight is 515 g/mol. The van der Waals surface area contributed by atoms with Crippen LogP contribution in [-0.2, 0) is 13.0 Å². The van der Waals surface area contributed by atoms with Gasteiger partial charge in [0.2, 0.25) is 0 Å². The van der Waals surface area contributed by atoms with Gasteiger partial charge in [-0.1, -0.05) is 168 Å². The topological polar surface area (TPSA) is 3.88 Å². The molecule has 0 bridgehead atoms. The Bertz CT molecular complexity index is 548. The molecule has 0 unspecified atom stereocenters. The van der Waals surface area contributed by atoms with Gasteiger partial charge in [0.25, 0.3) is 0 Å². The Balaban J connectivity index is 1.83. The van der Waals surface area contributed by atoms with E-state index in [1.165, 1.54) is 192 Å². The molecule has 0 fully saturated rings.